The molecule has 0 N–H and O–H groups in total. The molecule has 0 radical (unpaired) electrons. The number of hydrogen-bond acceptors (Lipinski definition) is 7. The molecule has 0 bridgehead atoms. The van der Waals surface area contributed by atoms with Crippen LogP contribution in [0.3, 0.4) is 0 Å². The van der Waals surface area contributed by atoms with E-state index in [9.17, 15) is 4.79 Å². The van der Waals surface area contributed by atoms with Crippen LogP contribution in [0.5, 0.6) is 11.5 Å². The van der Waals surface area contributed by atoms with Crippen molar-refractivity contribution in [1.29, 1.82) is 0 Å². The minimum absolute atomic E-state index is 0.00722. The van der Waals surface area contributed by atoms with E-state index < -0.39 is 0 Å². The third-order valence-corrected chi connectivity index (χ3v) is 5.98. The average Bonchev–Trinajstić information content (AvgIpc) is 3.43. The molecule has 2 heterocycles. The van der Waals surface area contributed by atoms with Gasteiger partial charge in [0.15, 0.2) is 6.61 Å². The van der Waals surface area contributed by atoms with Gasteiger partial charge in [-0.3, -0.25) is 4.79 Å². The Bertz CT molecular complexity index is 1270. The summed E-state index contributed by atoms with van der Waals surface area (Å²) in [5.74, 6) is 2.39. The maximum atomic E-state index is 12.7. The number of amides is 1. The van der Waals surface area contributed by atoms with Gasteiger partial charge in [-0.2, -0.15) is 4.98 Å². The number of carbonyl (C=O) groups excluding carboxylic acids is 1. The number of carbonyl (C=O) groups is 1. The maximum Gasteiger partial charge on any atom is 0.260 e. The number of para-hydroxylation sites is 2. The highest BCUT2D eigenvalue weighted by Crippen LogP contribution is 2.28. The number of ether oxygens (including phenoxy) is 2. The summed E-state index contributed by atoms with van der Waals surface area (Å²) in [4.78, 5) is 21.2. The van der Waals surface area contributed by atoms with Crippen LogP contribution in [0.25, 0.3) is 22.8 Å². The predicted octanol–water partition coefficient (Wildman–Crippen LogP) is 4.14. The molecule has 0 saturated carbocycles. The fourth-order valence-corrected chi connectivity index (χ4v) is 4.06. The summed E-state index contributed by atoms with van der Waals surface area (Å²) < 4.78 is 16.6. The molecule has 1 aromatic heterocycles. The molecule has 8 heteroatoms. The van der Waals surface area contributed by atoms with E-state index >= 15 is 0 Å². The van der Waals surface area contributed by atoms with Crippen molar-refractivity contribution in [2.24, 2.45) is 0 Å². The molecule has 1 aliphatic heterocycles. The zero-order valence-corrected chi connectivity index (χ0v) is 19.5. The van der Waals surface area contributed by atoms with Crippen LogP contribution < -0.4 is 14.4 Å². The van der Waals surface area contributed by atoms with E-state index in [0.717, 1.165) is 35.7 Å². The van der Waals surface area contributed by atoms with Crippen LogP contribution in [-0.2, 0) is 4.79 Å². The largest absolute Gasteiger partial charge is 0.495 e. The molecule has 8 nitrogen and oxygen atoms in total. The number of hydrogen-bond donors (Lipinski definition) is 0. The molecule has 178 valence electrons. The standard InChI is InChI=1S/C27H26N4O4/c1-33-24-10-6-5-9-23(24)30-15-17-31(18-16-30)25(32)19-34-22-13-11-21(12-14-22)27-28-26(29-35-27)20-7-3-2-4-8-20/h2-14H,15-19H2,1H3. The Morgan fingerprint density at radius 3 is 2.34 bits per heavy atom. The summed E-state index contributed by atoms with van der Waals surface area (Å²) in [5.41, 5.74) is 2.73. The van der Waals surface area contributed by atoms with Gasteiger partial charge in [0, 0.05) is 37.3 Å². The second-order valence-electron chi connectivity index (χ2n) is 8.14. The smallest absolute Gasteiger partial charge is 0.260 e. The van der Waals surface area contributed by atoms with Crippen molar-refractivity contribution >= 4 is 11.6 Å². The molecule has 1 fully saturated rings. The fourth-order valence-electron chi connectivity index (χ4n) is 4.06. The lowest BCUT2D eigenvalue weighted by Gasteiger charge is -2.36. The van der Waals surface area contributed by atoms with Crippen LogP contribution in [-0.4, -0.2) is 60.8 Å². The first-order valence-corrected chi connectivity index (χ1v) is 11.5. The lowest BCUT2D eigenvalue weighted by Crippen LogP contribution is -2.50. The van der Waals surface area contributed by atoms with Crippen molar-refractivity contribution in [2.45, 2.75) is 0 Å². The topological polar surface area (TPSA) is 80.9 Å². The summed E-state index contributed by atoms with van der Waals surface area (Å²) in [6.45, 7) is 2.76. The SMILES string of the molecule is COc1ccccc1N1CCN(C(=O)COc2ccc(-c3nc(-c4ccccc4)no3)cc2)CC1. The molecule has 4 aromatic rings. The Balaban J connectivity index is 1.13. The van der Waals surface area contributed by atoms with Crippen LogP contribution >= 0.6 is 0 Å². The predicted molar refractivity (Wildman–Crippen MR) is 132 cm³/mol. The Morgan fingerprint density at radius 2 is 1.60 bits per heavy atom. The van der Waals surface area contributed by atoms with Gasteiger partial charge in [-0.1, -0.05) is 47.6 Å². The third-order valence-electron chi connectivity index (χ3n) is 5.98. The highest BCUT2D eigenvalue weighted by molar-refractivity contribution is 5.78. The number of benzene rings is 3. The van der Waals surface area contributed by atoms with Crippen LogP contribution in [0.4, 0.5) is 5.69 Å². The van der Waals surface area contributed by atoms with Gasteiger partial charge in [0.25, 0.3) is 11.8 Å². The number of anilines is 1. The summed E-state index contributed by atoms with van der Waals surface area (Å²) >= 11 is 0. The minimum atomic E-state index is -0.0295. The zero-order valence-electron chi connectivity index (χ0n) is 19.5. The number of nitrogens with zero attached hydrogens (tertiary/aromatic N) is 4. The lowest BCUT2D eigenvalue weighted by atomic mass is 10.2. The molecule has 3 aromatic carbocycles. The first-order valence-electron chi connectivity index (χ1n) is 11.5. The van der Waals surface area contributed by atoms with E-state index in [1.807, 2.05) is 71.6 Å². The van der Waals surface area contributed by atoms with Gasteiger partial charge in [0.2, 0.25) is 5.82 Å². The molecule has 0 spiro atoms. The van der Waals surface area contributed by atoms with Crippen molar-refractivity contribution < 1.29 is 18.8 Å². The quantitative estimate of drug-likeness (QED) is 0.402. The first-order chi connectivity index (χ1) is 17.2. The van der Waals surface area contributed by atoms with Crippen LogP contribution in [0.2, 0.25) is 0 Å². The Labute approximate surface area is 203 Å². The number of piperazine rings is 1. The summed E-state index contributed by atoms with van der Waals surface area (Å²) in [6, 6.07) is 24.9. The van der Waals surface area contributed by atoms with E-state index in [-0.39, 0.29) is 12.5 Å². The highest BCUT2D eigenvalue weighted by atomic mass is 16.5. The van der Waals surface area contributed by atoms with Gasteiger partial charge in [0.1, 0.15) is 11.5 Å². The molecule has 5 rings (SSSR count). The molecule has 0 unspecified atom stereocenters. The molecular weight excluding hydrogens is 444 g/mol. The van der Waals surface area contributed by atoms with E-state index in [1.165, 1.54) is 0 Å². The van der Waals surface area contributed by atoms with Gasteiger partial charge in [0.05, 0.1) is 12.8 Å². The molecule has 35 heavy (non-hydrogen) atoms. The molecule has 0 aliphatic carbocycles. The average molecular weight is 471 g/mol. The Morgan fingerprint density at radius 1 is 0.886 bits per heavy atom. The highest BCUT2D eigenvalue weighted by Gasteiger charge is 2.23. The second kappa shape index (κ2) is 10.3. The van der Waals surface area contributed by atoms with Crippen molar-refractivity contribution in [3.8, 4) is 34.3 Å². The van der Waals surface area contributed by atoms with Crippen molar-refractivity contribution in [2.75, 3.05) is 44.8 Å². The van der Waals surface area contributed by atoms with Crippen LogP contribution in [0.1, 0.15) is 0 Å². The van der Waals surface area contributed by atoms with Crippen molar-refractivity contribution in [3.05, 3.63) is 78.9 Å². The third kappa shape index (κ3) is 5.11. The Hall–Kier alpha value is -4.33. The van der Waals surface area contributed by atoms with Crippen molar-refractivity contribution in [1.82, 2.24) is 15.0 Å². The molecule has 0 atom stereocenters. The monoisotopic (exact) mass is 470 g/mol. The normalized spacial score (nSPS) is 13.5. The van der Waals surface area contributed by atoms with Gasteiger partial charge >= 0.3 is 0 Å². The Kier molecular flexibility index (Phi) is 6.61. The number of methoxy groups -OCH3 is 1. The maximum absolute atomic E-state index is 12.7. The number of aromatic nitrogens is 2. The van der Waals surface area contributed by atoms with Crippen LogP contribution in [0, 0.1) is 0 Å². The molecule has 1 aliphatic rings. The summed E-state index contributed by atoms with van der Waals surface area (Å²) in [7, 11) is 1.67. The summed E-state index contributed by atoms with van der Waals surface area (Å²) in [6.07, 6.45) is 0. The fraction of sp³-hybridized carbons (Fsp3) is 0.222. The summed E-state index contributed by atoms with van der Waals surface area (Å²) in [5, 5.41) is 4.05. The molecule has 1 amide bonds. The van der Waals surface area contributed by atoms with E-state index in [0.29, 0.717) is 30.6 Å². The minimum Gasteiger partial charge on any atom is -0.495 e. The van der Waals surface area contributed by atoms with Gasteiger partial charge in [-0.15, -0.1) is 0 Å². The number of rotatable bonds is 7. The van der Waals surface area contributed by atoms with Gasteiger partial charge in [-0.05, 0) is 36.4 Å². The molecule has 1 saturated heterocycles. The van der Waals surface area contributed by atoms with E-state index in [1.54, 1.807) is 19.2 Å². The lowest BCUT2D eigenvalue weighted by molar-refractivity contribution is -0.133. The van der Waals surface area contributed by atoms with Gasteiger partial charge < -0.3 is 23.8 Å². The van der Waals surface area contributed by atoms with E-state index in [2.05, 4.69) is 15.0 Å². The van der Waals surface area contributed by atoms with Crippen LogP contribution in [0.15, 0.2) is 83.4 Å². The zero-order chi connectivity index (χ0) is 24.0. The first kappa shape index (κ1) is 22.5. The van der Waals surface area contributed by atoms with E-state index in [4.69, 9.17) is 14.0 Å². The van der Waals surface area contributed by atoms with Crippen molar-refractivity contribution in [3.63, 3.8) is 0 Å². The molecular formula is C27H26N4O4. The van der Waals surface area contributed by atoms with Gasteiger partial charge in [-0.25, -0.2) is 0 Å². The second-order valence-corrected chi connectivity index (χ2v) is 8.14.